The van der Waals surface area contributed by atoms with Crippen molar-refractivity contribution < 1.29 is 96.8 Å². The lowest BCUT2D eigenvalue weighted by Crippen LogP contribution is -2.62. The molecule has 4 fully saturated rings. The molecule has 0 aliphatic carbocycles. The average molecular weight is 1940 g/mol. The number of primary amides is 2. The number of rotatable bonds is 26. The predicted molar refractivity (Wildman–Crippen MR) is 506 cm³/mol. The number of nitrogens with one attached hydrogen (secondary N) is 14. The van der Waals surface area contributed by atoms with Crippen LogP contribution in [0.3, 0.4) is 0 Å². The minimum absolute atomic E-state index is 0.00346. The van der Waals surface area contributed by atoms with Gasteiger partial charge in [0.25, 0.3) is 0 Å². The number of nitrogens with two attached hydrogens (primary N) is 3. The fourth-order valence-electron chi connectivity index (χ4n) is 17.6. The number of phenols is 1. The summed E-state index contributed by atoms with van der Waals surface area (Å²) in [7, 11) is 2.72. The van der Waals surface area contributed by atoms with E-state index in [1.165, 1.54) is 67.1 Å². The zero-order valence-corrected chi connectivity index (χ0v) is 79.2. The summed E-state index contributed by atoms with van der Waals surface area (Å²) in [5.41, 5.74) is 19.3. The summed E-state index contributed by atoms with van der Waals surface area (Å²) in [5.74, 6) is -17.8. The number of benzene rings is 3. The number of guanidine groups is 1. The molecule has 17 amide bonds. The molecule has 0 spiro atoms. The number of nitrogens with zero attached hydrogens (tertiary/aromatic N) is 6. The van der Waals surface area contributed by atoms with Gasteiger partial charge in [0.15, 0.2) is 5.96 Å². The molecule has 0 radical (unpaired) electrons. The van der Waals surface area contributed by atoms with E-state index in [-0.39, 0.29) is 128 Å². The van der Waals surface area contributed by atoms with E-state index in [1.807, 2.05) is 32.0 Å². The first-order valence-electron chi connectivity index (χ1n) is 46.2. The van der Waals surface area contributed by atoms with Gasteiger partial charge in [-0.05, 0) is 122 Å². The molecule has 23 N–H and O–H groups in total. The van der Waals surface area contributed by atoms with Gasteiger partial charge in [-0.2, -0.15) is 0 Å². The molecule has 3 aromatic carbocycles. The maximum absolute atomic E-state index is 15.8. The number of aliphatic hydroxyl groups is 2. The van der Waals surface area contributed by atoms with Crippen molar-refractivity contribution >= 4 is 150 Å². The summed E-state index contributed by atoms with van der Waals surface area (Å²) in [6.07, 6.45) is 2.46. The largest absolute Gasteiger partial charge is 0.508 e. The lowest BCUT2D eigenvalue weighted by molar-refractivity contribution is -0.149. The number of aromatic amines is 2. The second-order valence-corrected chi connectivity index (χ2v) is 37.3. The highest BCUT2D eigenvalue weighted by Crippen LogP contribution is 2.31. The highest BCUT2D eigenvalue weighted by molar-refractivity contribution is 8.00. The number of likely N-dealkylation sites (N-methyl/N-ethyl adjacent to an activating group) is 2. The van der Waals surface area contributed by atoms with Crippen LogP contribution in [-0.4, -0.2) is 317 Å². The molecule has 4 aliphatic rings. The van der Waals surface area contributed by atoms with Crippen LogP contribution in [0, 0.1) is 11.3 Å². The summed E-state index contributed by atoms with van der Waals surface area (Å²) in [6, 6.07) is -1.86. The fraction of sp³-hybridized carbons (Fsp3) is 0.533. The third-order valence-electron chi connectivity index (χ3n) is 24.8. The Hall–Kier alpha value is -13.3. The number of fused-ring (bicyclic) bond motifs is 5. The summed E-state index contributed by atoms with van der Waals surface area (Å²) in [6.45, 7) is 4.97. The Morgan fingerprint density at radius 1 is 0.547 bits per heavy atom. The number of imidazole rings is 1. The molecule has 0 saturated carbocycles. The average Bonchev–Trinajstić information content (AvgIpc) is 1.74. The van der Waals surface area contributed by atoms with Gasteiger partial charge in [0.05, 0.1) is 37.8 Å². The molecule has 4 aliphatic heterocycles. The number of thioether (sulfide) groups is 1. The van der Waals surface area contributed by atoms with Crippen molar-refractivity contribution in [1.82, 2.24) is 97.9 Å². The van der Waals surface area contributed by atoms with Crippen molar-refractivity contribution in [3.05, 3.63) is 119 Å². The molecule has 43 nitrogen and oxygen atoms in total. The topological polar surface area (TPSA) is 646 Å². The molecule has 0 unspecified atom stereocenters. The van der Waals surface area contributed by atoms with E-state index in [4.69, 9.17) is 22.6 Å². The van der Waals surface area contributed by atoms with Crippen LogP contribution >= 0.6 is 23.1 Å². The second-order valence-electron chi connectivity index (χ2n) is 35.4. The van der Waals surface area contributed by atoms with Crippen LogP contribution in [0.25, 0.3) is 21.0 Å². The van der Waals surface area contributed by atoms with E-state index in [1.54, 1.807) is 55.8 Å². The van der Waals surface area contributed by atoms with Crippen LogP contribution in [0.5, 0.6) is 5.75 Å². The first-order valence-corrected chi connectivity index (χ1v) is 48.2. The van der Waals surface area contributed by atoms with Gasteiger partial charge in [0, 0.05) is 105 Å². The van der Waals surface area contributed by atoms with Crippen molar-refractivity contribution in [3.63, 3.8) is 0 Å². The van der Waals surface area contributed by atoms with Gasteiger partial charge < -0.3 is 125 Å². The van der Waals surface area contributed by atoms with Crippen LogP contribution < -0.4 is 75.7 Å². The summed E-state index contributed by atoms with van der Waals surface area (Å²) >= 11 is 2.11. The number of carbonyl (C=O) groups excluding carboxylic acids is 17. The lowest BCUT2D eigenvalue weighted by atomic mass is 10.00. The van der Waals surface area contributed by atoms with Crippen LogP contribution in [0.2, 0.25) is 0 Å². The monoisotopic (exact) mass is 1940 g/mol. The number of aromatic hydroxyl groups is 1. The van der Waals surface area contributed by atoms with Crippen molar-refractivity contribution in [3.8, 4) is 5.75 Å². The van der Waals surface area contributed by atoms with E-state index in [2.05, 4.69) is 73.4 Å². The number of aliphatic hydroxyl groups excluding tert-OH is 2. The number of phenolic OH excluding ortho intramolecular Hbond substituents is 1. The van der Waals surface area contributed by atoms with Crippen molar-refractivity contribution in [2.75, 3.05) is 64.9 Å². The molecule has 137 heavy (non-hydrogen) atoms. The highest BCUT2D eigenvalue weighted by atomic mass is 32.2. The second kappa shape index (κ2) is 50.5. The van der Waals surface area contributed by atoms with E-state index in [9.17, 15) is 44.1 Å². The summed E-state index contributed by atoms with van der Waals surface area (Å²) < 4.78 is 0.822. The molecule has 15 atom stereocenters. The maximum Gasteiger partial charge on any atom is 0.246 e. The van der Waals surface area contributed by atoms with E-state index in [0.717, 1.165) is 41.4 Å². The van der Waals surface area contributed by atoms with Crippen molar-refractivity contribution in [1.29, 1.82) is 5.41 Å². The van der Waals surface area contributed by atoms with Gasteiger partial charge in [-0.1, -0.05) is 102 Å². The Labute approximate surface area is 799 Å². The number of thiophene rings is 1. The number of hydrogen-bond donors (Lipinski definition) is 20. The van der Waals surface area contributed by atoms with Gasteiger partial charge in [-0.3, -0.25) is 86.9 Å². The van der Waals surface area contributed by atoms with E-state index >= 15 is 52.7 Å². The number of hydrogen-bond acceptors (Lipinski definition) is 24. The standard InChI is InChI=1S/C92H127N23O20S2/c1-7-9-22-68-83(127)103-59(21-15-32-98-92(95)96)79(123)110-67(78(122)100-44-75(94)120)47-136-48-76(121)102-63(37-51-27-29-55(117)30-28-51)90(134)115-35-31-72(118)77(115)86(130)108-65(41-74(93)119)89(133)114-34-17-25-70(114)85(129)105-61(40-54-43-97-49-101-54)81(125)106-62(36-50(3)4)88(132)113-33-16-24-69(113)84(128)104-60(38-52-42-99-58-20-13-11-18-56(52)58)80(124)109-66(45-116)82(126)107-64(39-53-46-137-73-26-14-12-19-57(53)73)87(131)112(6)71(23-10-8-2)91(135)111(68)5/h11-14,18-20,26-30,42-43,46,49-50,59-72,77,99,116-118H,7-10,15-17,21-25,31-41,44-45,47-48H2,1-6H3,(H2,93,119)(H2,94,120)(H,97,101)(H,100,122)(H,102,121)(H,103,127)(H,104,128)(H,105,129)(H,106,125)(H,107,126)(H,108,130)(H,109,124)(H,110,123)(H4,95,96,98)/t59-,60-,61-,62-,63-,64-,65-,66-,67-,68-,69-,70-,71-,72-,77-/m0/s1. The SMILES string of the molecule is CCCC[C@H]1C(=O)N(C)[C@@H](CCCC)C(=O)N[C@@H](CCCNC(=N)N)C(=O)N[C@H](C(=O)NCC(N)=O)CSCC(=O)N[C@@H](Cc2ccc(O)cc2)C(=O)N2CC[C@H](O)[C@H]2C(=O)N[C@@H](CC(N)=O)C(=O)N2CCC[C@H]2C(=O)N[C@@H](Cc2cnc[nH]2)C(=O)N[C@@H](CC(C)C)C(=O)N2CCC[C@H]2C(=O)N[C@@H](Cc2c[nH]c3ccccc23)C(=O)N[C@@H](CO)C(=O)N[C@@H](Cc2csc3ccccc23)C(=O)N1C. The Balaban J connectivity index is 1.02. The Morgan fingerprint density at radius 2 is 1.11 bits per heavy atom. The molecule has 10 rings (SSSR count). The van der Waals surface area contributed by atoms with Gasteiger partial charge in [0.1, 0.15) is 90.3 Å². The van der Waals surface area contributed by atoms with Crippen LogP contribution in [0.4, 0.5) is 0 Å². The Morgan fingerprint density at radius 3 is 1.74 bits per heavy atom. The van der Waals surface area contributed by atoms with Gasteiger partial charge in [-0.15, -0.1) is 23.1 Å². The van der Waals surface area contributed by atoms with Crippen LogP contribution in [-0.2, 0) is 107 Å². The molecule has 3 aromatic heterocycles. The normalized spacial score (nSPS) is 25.0. The summed E-state index contributed by atoms with van der Waals surface area (Å²) in [4.78, 5) is 268. The van der Waals surface area contributed by atoms with Crippen molar-refractivity contribution in [2.45, 2.75) is 240 Å². The molecule has 4 saturated heterocycles. The van der Waals surface area contributed by atoms with Crippen LogP contribution in [0.1, 0.15) is 146 Å². The number of para-hydroxylation sites is 1. The van der Waals surface area contributed by atoms with E-state index in [0.29, 0.717) is 59.0 Å². The third-order valence-corrected chi connectivity index (χ3v) is 26.8. The molecule has 45 heteroatoms. The molecule has 7 heterocycles. The number of aromatic nitrogens is 3. The minimum Gasteiger partial charge on any atom is -0.508 e. The smallest absolute Gasteiger partial charge is 0.246 e. The predicted octanol–water partition coefficient (Wildman–Crippen LogP) is -2.05. The Bertz CT molecular complexity index is 5310. The minimum atomic E-state index is -1.86. The zero-order valence-electron chi connectivity index (χ0n) is 77.6. The van der Waals surface area contributed by atoms with Crippen molar-refractivity contribution in [2.24, 2.45) is 23.1 Å². The van der Waals surface area contributed by atoms with Gasteiger partial charge in [-0.25, -0.2) is 4.98 Å². The molecular weight excluding hydrogens is 1810 g/mol. The highest BCUT2D eigenvalue weighted by Gasteiger charge is 2.48. The number of unbranched alkanes of at least 4 members (excludes halogenated alkanes) is 2. The summed E-state index contributed by atoms with van der Waals surface area (Å²) in [5, 5.41) is 73.6. The molecule has 742 valence electrons. The van der Waals surface area contributed by atoms with E-state index < -0.39 is 228 Å². The van der Waals surface area contributed by atoms with Crippen LogP contribution in [0.15, 0.2) is 96.9 Å². The van der Waals surface area contributed by atoms with Gasteiger partial charge in [0.2, 0.25) is 100 Å². The fourth-order valence-corrected chi connectivity index (χ4v) is 19.4. The Kier molecular flexibility index (Phi) is 39.0. The lowest BCUT2D eigenvalue weighted by Gasteiger charge is -2.36. The van der Waals surface area contributed by atoms with Gasteiger partial charge >= 0.3 is 0 Å². The third kappa shape index (κ3) is 28.9. The molecule has 0 bridgehead atoms. The molecule has 6 aromatic rings. The number of H-pyrrole nitrogens is 2. The quantitative estimate of drug-likeness (QED) is 0.0158. The molecular formula is C92H127N23O20S2. The number of amides is 17. The first kappa shape index (κ1) is 106. The number of carbonyl (C=O) groups is 17. The maximum atomic E-state index is 15.8. The zero-order chi connectivity index (χ0) is 99.4. The first-order chi connectivity index (χ1) is 65.5.